The average Bonchev–Trinajstić information content (AvgIpc) is 3.09. The molecule has 1 N–H and O–H groups in total. The maximum atomic E-state index is 14.0. The molecule has 1 fully saturated rings. The highest BCUT2D eigenvalue weighted by atomic mass is 19.1. The molecule has 2 heterocycles. The molecule has 4 rings (SSSR count). The first-order valence-corrected chi connectivity index (χ1v) is 8.91. The number of halogens is 2. The van der Waals surface area contributed by atoms with Gasteiger partial charge in [-0.3, -0.25) is 0 Å². The van der Waals surface area contributed by atoms with E-state index in [9.17, 15) is 8.78 Å². The molecule has 5 nitrogen and oxygen atoms in total. The zero-order valence-corrected chi connectivity index (χ0v) is 14.0. The molecule has 25 heavy (non-hydrogen) atoms. The summed E-state index contributed by atoms with van der Waals surface area (Å²) in [4.78, 5) is 0. The number of nitrogens with one attached hydrogen (secondary N) is 1. The summed E-state index contributed by atoms with van der Waals surface area (Å²) < 4.78 is 35.3. The van der Waals surface area contributed by atoms with Crippen LogP contribution < -0.4 is 5.32 Å². The van der Waals surface area contributed by atoms with E-state index < -0.39 is 11.6 Å². The van der Waals surface area contributed by atoms with Crippen molar-refractivity contribution in [2.24, 2.45) is 0 Å². The third-order valence-electron chi connectivity index (χ3n) is 5.05. The Bertz CT molecular complexity index is 743. The lowest BCUT2D eigenvalue weighted by Gasteiger charge is -2.25. The zero-order chi connectivity index (χ0) is 17.2. The third kappa shape index (κ3) is 3.57. The molecular weight excluding hydrogens is 326 g/mol. The molecule has 1 aliphatic carbocycles. The number of fused-ring (bicyclic) bond motifs is 1. The molecule has 1 aromatic heterocycles. The summed E-state index contributed by atoms with van der Waals surface area (Å²) in [5.74, 6) is -1.01. The highest BCUT2D eigenvalue weighted by molar-refractivity contribution is 5.34. The first-order chi connectivity index (χ1) is 12.2. The summed E-state index contributed by atoms with van der Waals surface area (Å²) in [6.07, 6.45) is 6.49. The fourth-order valence-corrected chi connectivity index (χ4v) is 3.78. The van der Waals surface area contributed by atoms with E-state index in [1.165, 1.54) is 6.07 Å². The maximum Gasteiger partial charge on any atom is 0.129 e. The lowest BCUT2D eigenvalue weighted by Crippen LogP contribution is -2.35. The number of nitrogens with zero attached hydrogens (tertiary/aromatic N) is 3. The van der Waals surface area contributed by atoms with E-state index in [2.05, 4.69) is 15.6 Å². The largest absolute Gasteiger partial charge is 0.370 e. The van der Waals surface area contributed by atoms with Gasteiger partial charge in [-0.15, -0.1) is 5.10 Å². The predicted octanol–water partition coefficient (Wildman–Crippen LogP) is 2.75. The topological polar surface area (TPSA) is 52.0 Å². The van der Waals surface area contributed by atoms with Crippen LogP contribution in [0.2, 0.25) is 0 Å². The second kappa shape index (κ2) is 7.17. The van der Waals surface area contributed by atoms with Gasteiger partial charge < -0.3 is 10.1 Å². The summed E-state index contributed by atoms with van der Waals surface area (Å²) in [7, 11) is 0. The molecule has 1 aromatic carbocycles. The van der Waals surface area contributed by atoms with E-state index in [4.69, 9.17) is 4.74 Å². The van der Waals surface area contributed by atoms with Crippen LogP contribution in [0.15, 0.2) is 18.3 Å². The Morgan fingerprint density at radius 1 is 1.24 bits per heavy atom. The van der Waals surface area contributed by atoms with Gasteiger partial charge in [0.2, 0.25) is 0 Å². The molecular formula is C18H22F2N4O. The molecule has 0 radical (unpaired) electrons. The van der Waals surface area contributed by atoms with Crippen LogP contribution in [0, 0.1) is 11.6 Å². The van der Waals surface area contributed by atoms with Gasteiger partial charge in [0.15, 0.2) is 0 Å². The van der Waals surface area contributed by atoms with Crippen molar-refractivity contribution in [1.29, 1.82) is 0 Å². The van der Waals surface area contributed by atoms with Crippen LogP contribution in [0.5, 0.6) is 0 Å². The van der Waals surface area contributed by atoms with E-state index in [0.717, 1.165) is 50.5 Å². The number of hydrogen-bond donors (Lipinski definition) is 1. The molecule has 0 amide bonds. The van der Waals surface area contributed by atoms with E-state index in [0.29, 0.717) is 24.2 Å². The fraction of sp³-hybridized carbons (Fsp3) is 0.556. The maximum absolute atomic E-state index is 14.0. The first-order valence-electron chi connectivity index (χ1n) is 8.91. The van der Waals surface area contributed by atoms with Crippen LogP contribution >= 0.6 is 0 Å². The van der Waals surface area contributed by atoms with E-state index in [1.54, 1.807) is 4.68 Å². The van der Waals surface area contributed by atoms with Crippen molar-refractivity contribution in [3.63, 3.8) is 0 Å². The standard InChI is InChI=1S/C18H22F2N4O/c19-12-7-16-15(17(20)8-12)4-1-5-18(16)24-10-13(22-23-24)11-25-14-3-2-6-21-9-14/h7-8,10,14,18,21H,1-6,9,11H2/t14?,18-/m0/s1. The summed E-state index contributed by atoms with van der Waals surface area (Å²) in [6.45, 7) is 2.32. The number of ether oxygens (including phenoxy) is 1. The third-order valence-corrected chi connectivity index (χ3v) is 5.05. The van der Waals surface area contributed by atoms with Crippen LogP contribution in [0.25, 0.3) is 0 Å². The van der Waals surface area contributed by atoms with Crippen LogP contribution in [0.4, 0.5) is 8.78 Å². The first kappa shape index (κ1) is 16.6. The van der Waals surface area contributed by atoms with Crippen LogP contribution in [0.3, 0.4) is 0 Å². The van der Waals surface area contributed by atoms with E-state index >= 15 is 0 Å². The Hall–Kier alpha value is -1.86. The van der Waals surface area contributed by atoms with Crippen molar-refractivity contribution in [2.45, 2.75) is 50.9 Å². The van der Waals surface area contributed by atoms with Gasteiger partial charge >= 0.3 is 0 Å². The van der Waals surface area contributed by atoms with Crippen molar-refractivity contribution in [3.05, 3.63) is 46.8 Å². The van der Waals surface area contributed by atoms with Crippen molar-refractivity contribution >= 4 is 0 Å². The summed E-state index contributed by atoms with van der Waals surface area (Å²) in [5.41, 5.74) is 2.02. The Kier molecular flexibility index (Phi) is 4.76. The quantitative estimate of drug-likeness (QED) is 0.923. The zero-order valence-electron chi connectivity index (χ0n) is 14.0. The molecule has 1 aliphatic heterocycles. The molecule has 134 valence electrons. The minimum Gasteiger partial charge on any atom is -0.370 e. The summed E-state index contributed by atoms with van der Waals surface area (Å²) in [5, 5.41) is 11.7. The number of piperidine rings is 1. The predicted molar refractivity (Wildman–Crippen MR) is 88.1 cm³/mol. The van der Waals surface area contributed by atoms with Crippen molar-refractivity contribution in [2.75, 3.05) is 13.1 Å². The van der Waals surface area contributed by atoms with Crippen LogP contribution in [-0.2, 0) is 17.8 Å². The van der Waals surface area contributed by atoms with Gasteiger partial charge in [0.05, 0.1) is 24.9 Å². The molecule has 2 atom stereocenters. The van der Waals surface area contributed by atoms with Gasteiger partial charge in [-0.05, 0) is 55.8 Å². The Morgan fingerprint density at radius 2 is 2.16 bits per heavy atom. The fourth-order valence-electron chi connectivity index (χ4n) is 3.78. The molecule has 0 saturated carbocycles. The second-order valence-electron chi connectivity index (χ2n) is 6.83. The minimum absolute atomic E-state index is 0.174. The van der Waals surface area contributed by atoms with Crippen molar-refractivity contribution in [3.8, 4) is 0 Å². The van der Waals surface area contributed by atoms with Crippen molar-refractivity contribution < 1.29 is 13.5 Å². The lowest BCUT2D eigenvalue weighted by molar-refractivity contribution is 0.0236. The normalized spacial score (nSPS) is 23.4. The smallest absolute Gasteiger partial charge is 0.129 e. The molecule has 1 unspecified atom stereocenters. The molecule has 2 aromatic rings. The number of hydrogen-bond acceptors (Lipinski definition) is 4. The van der Waals surface area contributed by atoms with Gasteiger partial charge in [0.1, 0.15) is 17.3 Å². The highest BCUT2D eigenvalue weighted by Gasteiger charge is 2.26. The monoisotopic (exact) mass is 348 g/mol. The molecule has 0 spiro atoms. The SMILES string of the molecule is Fc1cc(F)c2c(c1)[C@@H](n1cc(COC3CCCNC3)nn1)CCC2. The van der Waals surface area contributed by atoms with Gasteiger partial charge in [-0.1, -0.05) is 5.21 Å². The molecule has 0 bridgehead atoms. The molecule has 7 heteroatoms. The Balaban J connectivity index is 1.49. The summed E-state index contributed by atoms with van der Waals surface area (Å²) >= 11 is 0. The van der Waals surface area contributed by atoms with Crippen LogP contribution in [-0.4, -0.2) is 34.2 Å². The number of rotatable bonds is 4. The van der Waals surface area contributed by atoms with Gasteiger partial charge in [0.25, 0.3) is 0 Å². The van der Waals surface area contributed by atoms with Gasteiger partial charge in [-0.2, -0.15) is 0 Å². The summed E-state index contributed by atoms with van der Waals surface area (Å²) in [6, 6.07) is 2.21. The minimum atomic E-state index is -0.545. The van der Waals surface area contributed by atoms with E-state index in [-0.39, 0.29) is 12.1 Å². The lowest BCUT2D eigenvalue weighted by atomic mass is 9.87. The Labute approximate surface area is 145 Å². The number of aromatic nitrogens is 3. The second-order valence-corrected chi connectivity index (χ2v) is 6.83. The van der Waals surface area contributed by atoms with Gasteiger partial charge in [-0.25, -0.2) is 13.5 Å². The molecule has 1 saturated heterocycles. The van der Waals surface area contributed by atoms with Crippen molar-refractivity contribution in [1.82, 2.24) is 20.3 Å². The molecule has 2 aliphatic rings. The highest BCUT2D eigenvalue weighted by Crippen LogP contribution is 2.34. The number of benzene rings is 1. The van der Waals surface area contributed by atoms with Gasteiger partial charge in [0, 0.05) is 12.6 Å². The van der Waals surface area contributed by atoms with Crippen LogP contribution in [0.1, 0.15) is 48.5 Å². The van der Waals surface area contributed by atoms with E-state index in [1.807, 2.05) is 6.20 Å². The average molecular weight is 348 g/mol. The Morgan fingerprint density at radius 3 is 3.00 bits per heavy atom.